The standard InChI is InChI=1S/C20H18O2S2/c1-21-19-13-16(8-10-18-6-4-12-24-18)20(22-2)14-15(19)7-9-17-5-3-11-23-17/h3-14H,1-2H3/b9-7-,10-8+. The van der Waals surface area contributed by atoms with Crippen LogP contribution in [-0.4, -0.2) is 14.2 Å². The molecule has 0 radical (unpaired) electrons. The molecule has 2 aromatic heterocycles. The van der Waals surface area contributed by atoms with Crippen LogP contribution in [0.5, 0.6) is 11.5 Å². The zero-order valence-corrected chi connectivity index (χ0v) is 15.2. The first-order valence-electron chi connectivity index (χ1n) is 7.49. The highest BCUT2D eigenvalue weighted by Gasteiger charge is 2.08. The van der Waals surface area contributed by atoms with Gasteiger partial charge in [0, 0.05) is 20.9 Å². The first-order chi connectivity index (χ1) is 11.8. The first-order valence-corrected chi connectivity index (χ1v) is 9.25. The van der Waals surface area contributed by atoms with E-state index in [-0.39, 0.29) is 0 Å². The molecule has 2 heterocycles. The topological polar surface area (TPSA) is 18.5 Å². The molecule has 0 amide bonds. The Labute approximate surface area is 150 Å². The van der Waals surface area contributed by atoms with Crippen LogP contribution in [-0.2, 0) is 0 Å². The average molecular weight is 354 g/mol. The third kappa shape index (κ3) is 3.96. The van der Waals surface area contributed by atoms with Gasteiger partial charge in [0.25, 0.3) is 0 Å². The van der Waals surface area contributed by atoms with Crippen molar-refractivity contribution in [3.05, 3.63) is 68.0 Å². The van der Waals surface area contributed by atoms with Gasteiger partial charge in [-0.15, -0.1) is 22.7 Å². The van der Waals surface area contributed by atoms with Crippen molar-refractivity contribution < 1.29 is 9.47 Å². The molecule has 0 aliphatic heterocycles. The Morgan fingerprint density at radius 3 is 1.50 bits per heavy atom. The van der Waals surface area contributed by atoms with Gasteiger partial charge in [-0.2, -0.15) is 0 Å². The predicted octanol–water partition coefficient (Wildman–Crippen LogP) is 6.17. The SMILES string of the molecule is COc1cc(/C=C/c2cccs2)c(OC)cc1/C=C\c1cccs1. The molecule has 0 unspecified atom stereocenters. The molecule has 3 rings (SSSR count). The first kappa shape index (κ1) is 16.6. The van der Waals surface area contributed by atoms with Crippen LogP contribution in [0.2, 0.25) is 0 Å². The fourth-order valence-electron chi connectivity index (χ4n) is 2.32. The van der Waals surface area contributed by atoms with E-state index in [0.717, 1.165) is 22.6 Å². The summed E-state index contributed by atoms with van der Waals surface area (Å²) in [5, 5.41) is 4.13. The Morgan fingerprint density at radius 1 is 0.708 bits per heavy atom. The van der Waals surface area contributed by atoms with Gasteiger partial charge in [0.2, 0.25) is 0 Å². The van der Waals surface area contributed by atoms with E-state index in [9.17, 15) is 0 Å². The maximum Gasteiger partial charge on any atom is 0.126 e. The molecule has 0 N–H and O–H groups in total. The van der Waals surface area contributed by atoms with E-state index in [4.69, 9.17) is 9.47 Å². The van der Waals surface area contributed by atoms with Gasteiger partial charge in [-0.05, 0) is 59.3 Å². The summed E-state index contributed by atoms with van der Waals surface area (Å²) in [5.41, 5.74) is 1.99. The highest BCUT2D eigenvalue weighted by molar-refractivity contribution is 7.11. The molecule has 0 aliphatic carbocycles. The van der Waals surface area contributed by atoms with E-state index >= 15 is 0 Å². The van der Waals surface area contributed by atoms with Crippen molar-refractivity contribution in [2.75, 3.05) is 14.2 Å². The van der Waals surface area contributed by atoms with Crippen molar-refractivity contribution in [2.45, 2.75) is 0 Å². The molecule has 0 atom stereocenters. The highest BCUT2D eigenvalue weighted by atomic mass is 32.1. The molecule has 0 saturated heterocycles. The second kappa shape index (κ2) is 7.99. The Bertz CT molecular complexity index is 757. The molecular weight excluding hydrogens is 336 g/mol. The van der Waals surface area contributed by atoms with Crippen LogP contribution in [0.4, 0.5) is 0 Å². The fraction of sp³-hybridized carbons (Fsp3) is 0.100. The molecule has 0 bridgehead atoms. The van der Waals surface area contributed by atoms with E-state index in [0.29, 0.717) is 0 Å². The molecule has 4 heteroatoms. The Hall–Kier alpha value is -2.30. The second-order valence-electron chi connectivity index (χ2n) is 5.03. The number of thiophene rings is 2. The van der Waals surface area contributed by atoms with Crippen molar-refractivity contribution in [3.8, 4) is 11.5 Å². The van der Waals surface area contributed by atoms with Gasteiger partial charge in [0.1, 0.15) is 11.5 Å². The van der Waals surface area contributed by atoms with Gasteiger partial charge >= 0.3 is 0 Å². The molecule has 122 valence electrons. The minimum absolute atomic E-state index is 0.828. The van der Waals surface area contributed by atoms with E-state index in [1.165, 1.54) is 9.75 Å². The lowest BCUT2D eigenvalue weighted by atomic mass is 10.1. The minimum Gasteiger partial charge on any atom is -0.496 e. The van der Waals surface area contributed by atoms with Crippen LogP contribution in [0, 0.1) is 0 Å². The lowest BCUT2D eigenvalue weighted by Crippen LogP contribution is -1.93. The molecule has 24 heavy (non-hydrogen) atoms. The summed E-state index contributed by atoms with van der Waals surface area (Å²) in [6.45, 7) is 0. The van der Waals surface area contributed by atoms with Gasteiger partial charge in [-0.25, -0.2) is 0 Å². The number of methoxy groups -OCH3 is 2. The van der Waals surface area contributed by atoms with E-state index in [1.807, 2.05) is 24.3 Å². The van der Waals surface area contributed by atoms with Crippen LogP contribution in [0.1, 0.15) is 20.9 Å². The van der Waals surface area contributed by atoms with Crippen molar-refractivity contribution in [1.82, 2.24) is 0 Å². The van der Waals surface area contributed by atoms with Crippen molar-refractivity contribution >= 4 is 47.0 Å². The Balaban J connectivity index is 1.93. The van der Waals surface area contributed by atoms with Crippen molar-refractivity contribution in [1.29, 1.82) is 0 Å². The zero-order chi connectivity index (χ0) is 16.8. The van der Waals surface area contributed by atoms with Crippen molar-refractivity contribution in [3.63, 3.8) is 0 Å². The summed E-state index contributed by atoms with van der Waals surface area (Å²) in [4.78, 5) is 2.41. The van der Waals surface area contributed by atoms with Gasteiger partial charge in [0.15, 0.2) is 0 Å². The van der Waals surface area contributed by atoms with Crippen LogP contribution < -0.4 is 9.47 Å². The second-order valence-corrected chi connectivity index (χ2v) is 6.99. The molecular formula is C20H18O2S2. The number of rotatable bonds is 6. The van der Waals surface area contributed by atoms with E-state index in [2.05, 4.69) is 47.2 Å². The van der Waals surface area contributed by atoms with Gasteiger partial charge in [-0.3, -0.25) is 0 Å². The summed E-state index contributed by atoms with van der Waals surface area (Å²) in [7, 11) is 3.38. The lowest BCUT2D eigenvalue weighted by Gasteiger charge is -2.11. The van der Waals surface area contributed by atoms with E-state index < -0.39 is 0 Å². The molecule has 3 aromatic rings. The van der Waals surface area contributed by atoms with Gasteiger partial charge in [0.05, 0.1) is 14.2 Å². The summed E-state index contributed by atoms with van der Waals surface area (Å²) in [6.07, 6.45) is 8.28. The van der Waals surface area contributed by atoms with Crippen molar-refractivity contribution in [2.24, 2.45) is 0 Å². The monoisotopic (exact) mass is 354 g/mol. The Morgan fingerprint density at radius 2 is 1.17 bits per heavy atom. The van der Waals surface area contributed by atoms with Crippen LogP contribution in [0.3, 0.4) is 0 Å². The maximum absolute atomic E-state index is 5.56. The minimum atomic E-state index is 0.828. The maximum atomic E-state index is 5.56. The molecule has 0 saturated carbocycles. The largest absolute Gasteiger partial charge is 0.496 e. The number of hydrogen-bond acceptors (Lipinski definition) is 4. The number of benzene rings is 1. The lowest BCUT2D eigenvalue weighted by molar-refractivity contribution is 0.401. The summed E-state index contributed by atoms with van der Waals surface area (Å²) in [5.74, 6) is 1.66. The predicted molar refractivity (Wildman–Crippen MR) is 106 cm³/mol. The summed E-state index contributed by atoms with van der Waals surface area (Å²) < 4.78 is 11.1. The third-order valence-corrected chi connectivity index (χ3v) is 5.20. The quantitative estimate of drug-likeness (QED) is 0.527. The van der Waals surface area contributed by atoms with E-state index in [1.54, 1.807) is 36.9 Å². The van der Waals surface area contributed by atoms with Crippen LogP contribution in [0.15, 0.2) is 47.2 Å². The number of hydrogen-bond donors (Lipinski definition) is 0. The molecule has 0 fully saturated rings. The zero-order valence-electron chi connectivity index (χ0n) is 13.6. The van der Waals surface area contributed by atoms with Gasteiger partial charge in [-0.1, -0.05) is 12.1 Å². The highest BCUT2D eigenvalue weighted by Crippen LogP contribution is 2.32. The molecule has 0 aliphatic rings. The van der Waals surface area contributed by atoms with Gasteiger partial charge < -0.3 is 9.47 Å². The fourth-order valence-corrected chi connectivity index (χ4v) is 3.56. The molecule has 2 nitrogen and oxygen atoms in total. The summed E-state index contributed by atoms with van der Waals surface area (Å²) in [6, 6.07) is 12.3. The molecule has 1 aromatic carbocycles. The Kier molecular flexibility index (Phi) is 5.51. The smallest absolute Gasteiger partial charge is 0.126 e. The number of ether oxygens (including phenoxy) is 2. The molecule has 0 spiro atoms. The van der Waals surface area contributed by atoms with Crippen LogP contribution in [0.25, 0.3) is 24.3 Å². The normalized spacial score (nSPS) is 11.4. The third-order valence-electron chi connectivity index (χ3n) is 3.52. The summed E-state index contributed by atoms with van der Waals surface area (Å²) >= 11 is 3.41. The average Bonchev–Trinajstić information content (AvgIpc) is 3.31. The van der Waals surface area contributed by atoms with Crippen LogP contribution >= 0.6 is 22.7 Å².